The molecule has 0 aliphatic carbocycles. The topological polar surface area (TPSA) is 38.3 Å². The molecule has 82 valence electrons. The average Bonchev–Trinajstić information content (AvgIpc) is 2.77. The molecule has 0 aliphatic rings. The van der Waals surface area contributed by atoms with Crippen molar-refractivity contribution < 1.29 is 9.53 Å². The zero-order chi connectivity index (χ0) is 11.4. The van der Waals surface area contributed by atoms with Crippen molar-refractivity contribution in [2.24, 2.45) is 0 Å². The molecule has 0 radical (unpaired) electrons. The Morgan fingerprint density at radius 3 is 2.69 bits per heavy atom. The number of esters is 1. The van der Waals surface area contributed by atoms with Crippen LogP contribution in [-0.2, 0) is 4.74 Å². The van der Waals surface area contributed by atoms with Crippen LogP contribution in [0.5, 0.6) is 0 Å². The molecule has 0 amide bonds. The van der Waals surface area contributed by atoms with E-state index >= 15 is 0 Å². The molecular formula is C12H11NO2S. The quantitative estimate of drug-likeness (QED) is 0.827. The van der Waals surface area contributed by atoms with E-state index in [0.717, 1.165) is 10.7 Å². The normalized spacial score (nSPS) is 9.81. The minimum absolute atomic E-state index is 0.320. The van der Waals surface area contributed by atoms with Gasteiger partial charge in [-0.25, -0.2) is 4.79 Å². The number of ether oxygens (including phenoxy) is 1. The Hall–Kier alpha value is -1.81. The molecule has 0 fully saturated rings. The van der Waals surface area contributed by atoms with Gasteiger partial charge in [0.2, 0.25) is 0 Å². The van der Waals surface area contributed by atoms with Crippen LogP contribution in [0.4, 0.5) is 10.7 Å². The largest absolute Gasteiger partial charge is 0.465 e. The van der Waals surface area contributed by atoms with E-state index < -0.39 is 0 Å². The molecule has 1 heterocycles. The molecule has 0 bridgehead atoms. The lowest BCUT2D eigenvalue weighted by atomic mass is 10.3. The van der Waals surface area contributed by atoms with Crippen molar-refractivity contribution in [3.8, 4) is 0 Å². The standard InChI is InChI=1S/C12H11NO2S/c1-15-12(14)10-7-8-16-11(10)13-9-5-3-2-4-6-9/h2-8,13H,1H3. The number of methoxy groups -OCH3 is 1. The number of anilines is 2. The zero-order valence-corrected chi connectivity index (χ0v) is 9.58. The maximum Gasteiger partial charge on any atom is 0.340 e. The van der Waals surface area contributed by atoms with Gasteiger partial charge >= 0.3 is 5.97 Å². The highest BCUT2D eigenvalue weighted by Crippen LogP contribution is 2.27. The predicted octanol–water partition coefficient (Wildman–Crippen LogP) is 3.28. The second kappa shape index (κ2) is 4.81. The molecule has 0 aliphatic heterocycles. The number of hydrogen-bond acceptors (Lipinski definition) is 4. The summed E-state index contributed by atoms with van der Waals surface area (Å²) < 4.78 is 4.70. The number of thiophene rings is 1. The van der Waals surface area contributed by atoms with Gasteiger partial charge in [0.1, 0.15) is 5.00 Å². The van der Waals surface area contributed by atoms with Gasteiger partial charge < -0.3 is 10.1 Å². The van der Waals surface area contributed by atoms with Crippen LogP contribution in [0.3, 0.4) is 0 Å². The predicted molar refractivity (Wildman–Crippen MR) is 65.4 cm³/mol. The summed E-state index contributed by atoms with van der Waals surface area (Å²) in [6.45, 7) is 0. The minimum atomic E-state index is -0.320. The summed E-state index contributed by atoms with van der Waals surface area (Å²) in [6, 6.07) is 11.5. The Morgan fingerprint density at radius 1 is 1.25 bits per heavy atom. The fourth-order valence-electron chi connectivity index (χ4n) is 1.33. The molecule has 0 saturated heterocycles. The number of hydrogen-bond donors (Lipinski definition) is 1. The Bertz CT molecular complexity index is 479. The zero-order valence-electron chi connectivity index (χ0n) is 8.77. The number of nitrogens with one attached hydrogen (secondary N) is 1. The van der Waals surface area contributed by atoms with Gasteiger partial charge in [-0.05, 0) is 23.6 Å². The first kappa shape index (κ1) is 10.7. The van der Waals surface area contributed by atoms with Crippen LogP contribution in [0, 0.1) is 0 Å². The maximum absolute atomic E-state index is 11.4. The van der Waals surface area contributed by atoms with Gasteiger partial charge in [0.05, 0.1) is 12.7 Å². The fourth-order valence-corrected chi connectivity index (χ4v) is 2.12. The molecule has 4 heteroatoms. The summed E-state index contributed by atoms with van der Waals surface area (Å²) in [5.74, 6) is -0.320. The third kappa shape index (κ3) is 2.23. The Balaban J connectivity index is 2.22. The number of rotatable bonds is 3. The van der Waals surface area contributed by atoms with Crippen molar-refractivity contribution in [3.63, 3.8) is 0 Å². The van der Waals surface area contributed by atoms with E-state index in [-0.39, 0.29) is 5.97 Å². The monoisotopic (exact) mass is 233 g/mol. The average molecular weight is 233 g/mol. The van der Waals surface area contributed by atoms with Crippen LogP contribution in [0.2, 0.25) is 0 Å². The van der Waals surface area contributed by atoms with Crippen LogP contribution in [0.15, 0.2) is 41.8 Å². The Labute approximate surface area is 97.7 Å². The second-order valence-electron chi connectivity index (χ2n) is 3.15. The highest BCUT2D eigenvalue weighted by Gasteiger charge is 2.12. The first-order valence-corrected chi connectivity index (χ1v) is 5.67. The van der Waals surface area contributed by atoms with Gasteiger partial charge in [0.25, 0.3) is 0 Å². The van der Waals surface area contributed by atoms with Gasteiger partial charge in [0, 0.05) is 5.69 Å². The molecule has 1 aromatic heterocycles. The van der Waals surface area contributed by atoms with E-state index in [1.807, 2.05) is 35.7 Å². The summed E-state index contributed by atoms with van der Waals surface area (Å²) in [5, 5.41) is 5.85. The lowest BCUT2D eigenvalue weighted by molar-refractivity contribution is 0.0602. The van der Waals surface area contributed by atoms with Crippen molar-refractivity contribution in [2.45, 2.75) is 0 Å². The van der Waals surface area contributed by atoms with Crippen LogP contribution in [-0.4, -0.2) is 13.1 Å². The molecular weight excluding hydrogens is 222 g/mol. The smallest absolute Gasteiger partial charge is 0.340 e. The number of carbonyl (C=O) groups is 1. The molecule has 1 aromatic carbocycles. The van der Waals surface area contributed by atoms with Crippen molar-refractivity contribution >= 4 is 28.0 Å². The number of carbonyl (C=O) groups excluding carboxylic acids is 1. The molecule has 3 nitrogen and oxygen atoms in total. The summed E-state index contributed by atoms with van der Waals surface area (Å²) in [7, 11) is 1.38. The molecule has 2 rings (SSSR count). The summed E-state index contributed by atoms with van der Waals surface area (Å²) in [4.78, 5) is 11.4. The molecule has 0 saturated carbocycles. The van der Waals surface area contributed by atoms with E-state index in [0.29, 0.717) is 5.56 Å². The van der Waals surface area contributed by atoms with Gasteiger partial charge in [-0.2, -0.15) is 0 Å². The fraction of sp³-hybridized carbons (Fsp3) is 0.0833. The van der Waals surface area contributed by atoms with E-state index in [1.54, 1.807) is 6.07 Å². The van der Waals surface area contributed by atoms with Gasteiger partial charge in [-0.15, -0.1) is 11.3 Å². The lowest BCUT2D eigenvalue weighted by Gasteiger charge is -2.05. The van der Waals surface area contributed by atoms with Crippen molar-refractivity contribution in [1.29, 1.82) is 0 Å². The van der Waals surface area contributed by atoms with Crippen molar-refractivity contribution in [2.75, 3.05) is 12.4 Å². The summed E-state index contributed by atoms with van der Waals surface area (Å²) >= 11 is 1.48. The van der Waals surface area contributed by atoms with Crippen molar-refractivity contribution in [3.05, 3.63) is 47.3 Å². The lowest BCUT2D eigenvalue weighted by Crippen LogP contribution is -2.02. The highest BCUT2D eigenvalue weighted by atomic mass is 32.1. The SMILES string of the molecule is COC(=O)c1ccsc1Nc1ccccc1. The van der Waals surface area contributed by atoms with Gasteiger partial charge in [0.15, 0.2) is 0 Å². The van der Waals surface area contributed by atoms with E-state index in [2.05, 4.69) is 5.32 Å². The van der Waals surface area contributed by atoms with Crippen LogP contribution in [0.25, 0.3) is 0 Å². The van der Waals surface area contributed by atoms with E-state index in [4.69, 9.17) is 4.74 Å². The van der Waals surface area contributed by atoms with Crippen LogP contribution in [0.1, 0.15) is 10.4 Å². The van der Waals surface area contributed by atoms with Crippen molar-refractivity contribution in [1.82, 2.24) is 0 Å². The first-order chi connectivity index (χ1) is 7.81. The maximum atomic E-state index is 11.4. The van der Waals surface area contributed by atoms with Gasteiger partial charge in [-0.1, -0.05) is 18.2 Å². The molecule has 16 heavy (non-hydrogen) atoms. The molecule has 0 unspecified atom stereocenters. The summed E-state index contributed by atoms with van der Waals surface area (Å²) in [6.07, 6.45) is 0. The van der Waals surface area contributed by atoms with E-state index in [1.165, 1.54) is 18.4 Å². The highest BCUT2D eigenvalue weighted by molar-refractivity contribution is 7.14. The second-order valence-corrected chi connectivity index (χ2v) is 4.06. The minimum Gasteiger partial charge on any atom is -0.465 e. The molecule has 1 N–H and O–H groups in total. The van der Waals surface area contributed by atoms with Crippen LogP contribution < -0.4 is 5.32 Å². The van der Waals surface area contributed by atoms with Crippen LogP contribution >= 0.6 is 11.3 Å². The van der Waals surface area contributed by atoms with E-state index in [9.17, 15) is 4.79 Å². The third-order valence-corrected chi connectivity index (χ3v) is 2.93. The Kier molecular flexibility index (Phi) is 3.22. The molecule has 0 atom stereocenters. The Morgan fingerprint density at radius 2 is 2.00 bits per heavy atom. The summed E-state index contributed by atoms with van der Waals surface area (Å²) in [5.41, 5.74) is 1.52. The number of benzene rings is 1. The number of para-hydroxylation sites is 1. The molecule has 2 aromatic rings. The first-order valence-electron chi connectivity index (χ1n) is 4.79. The third-order valence-electron chi connectivity index (χ3n) is 2.10. The van der Waals surface area contributed by atoms with Gasteiger partial charge in [-0.3, -0.25) is 0 Å². The molecule has 0 spiro atoms.